The molecule has 1 saturated heterocycles. The van der Waals surface area contributed by atoms with E-state index in [4.69, 9.17) is 16.3 Å². The van der Waals surface area contributed by atoms with Crippen molar-refractivity contribution < 1.29 is 9.13 Å². The van der Waals surface area contributed by atoms with Gasteiger partial charge in [-0.3, -0.25) is 0 Å². The molecule has 2 heterocycles. The number of hydrogen-bond donors (Lipinski definition) is 1. The quantitative estimate of drug-likeness (QED) is 0.807. The van der Waals surface area contributed by atoms with Crippen LogP contribution in [0.3, 0.4) is 0 Å². The highest BCUT2D eigenvalue weighted by molar-refractivity contribution is 6.18. The van der Waals surface area contributed by atoms with Gasteiger partial charge in [0, 0.05) is 18.7 Å². The predicted octanol–water partition coefficient (Wildman–Crippen LogP) is 2.03. The Labute approximate surface area is 92.6 Å². The zero-order valence-electron chi connectivity index (χ0n) is 8.17. The number of hydrogen-bond acceptors (Lipinski definition) is 3. The summed E-state index contributed by atoms with van der Waals surface area (Å²) in [5, 5.41) is 3.03. The maximum Gasteiger partial charge on any atom is 0.165 e. The summed E-state index contributed by atoms with van der Waals surface area (Å²) in [6.45, 7) is 1.14. The summed E-state index contributed by atoms with van der Waals surface area (Å²) in [6.07, 6.45) is 2.32. The van der Waals surface area contributed by atoms with Crippen LogP contribution < -0.4 is 5.32 Å². The molecule has 1 atom stereocenters. The fourth-order valence-electron chi connectivity index (χ4n) is 1.57. The van der Waals surface area contributed by atoms with E-state index in [1.54, 1.807) is 12.3 Å². The van der Waals surface area contributed by atoms with Gasteiger partial charge in [-0.1, -0.05) is 0 Å². The number of halogens is 2. The number of rotatable bonds is 3. The van der Waals surface area contributed by atoms with Crippen molar-refractivity contribution >= 4 is 17.4 Å². The first-order valence-corrected chi connectivity index (χ1v) is 5.32. The largest absolute Gasteiger partial charge is 0.379 e. The summed E-state index contributed by atoms with van der Waals surface area (Å²) in [4.78, 5) is 3.93. The lowest BCUT2D eigenvalue weighted by molar-refractivity contribution is 0.185. The number of alkyl halides is 1. The van der Waals surface area contributed by atoms with Crippen molar-refractivity contribution in [3.8, 4) is 0 Å². The maximum atomic E-state index is 13.3. The first-order valence-electron chi connectivity index (χ1n) is 4.78. The third-order valence-corrected chi connectivity index (χ3v) is 3.01. The molecule has 1 fully saturated rings. The molecule has 15 heavy (non-hydrogen) atoms. The molecule has 82 valence electrons. The summed E-state index contributed by atoms with van der Waals surface area (Å²) < 4.78 is 18.6. The van der Waals surface area contributed by atoms with Gasteiger partial charge in [0.05, 0.1) is 12.1 Å². The van der Waals surface area contributed by atoms with Crippen LogP contribution >= 0.6 is 11.6 Å². The molecule has 1 aromatic heterocycles. The van der Waals surface area contributed by atoms with Crippen LogP contribution in [0.4, 0.5) is 10.2 Å². The van der Waals surface area contributed by atoms with Gasteiger partial charge in [-0.2, -0.15) is 0 Å². The molecule has 0 aliphatic carbocycles. The van der Waals surface area contributed by atoms with E-state index < -0.39 is 0 Å². The van der Waals surface area contributed by atoms with Crippen molar-refractivity contribution in [1.82, 2.24) is 4.98 Å². The van der Waals surface area contributed by atoms with E-state index in [1.807, 2.05) is 0 Å². The Hall–Kier alpha value is -0.870. The zero-order valence-corrected chi connectivity index (χ0v) is 8.93. The van der Waals surface area contributed by atoms with Crippen LogP contribution in [0.1, 0.15) is 6.42 Å². The van der Waals surface area contributed by atoms with E-state index in [0.29, 0.717) is 19.1 Å². The van der Waals surface area contributed by atoms with Crippen molar-refractivity contribution in [1.29, 1.82) is 0 Å². The molecule has 1 unspecified atom stereocenters. The van der Waals surface area contributed by atoms with Crippen molar-refractivity contribution in [2.24, 2.45) is 0 Å². The molecule has 2 rings (SSSR count). The summed E-state index contributed by atoms with van der Waals surface area (Å²) >= 11 is 5.87. The van der Waals surface area contributed by atoms with Gasteiger partial charge in [0.15, 0.2) is 11.6 Å². The lowest BCUT2D eigenvalue weighted by Gasteiger charge is -2.26. The maximum absolute atomic E-state index is 13.3. The lowest BCUT2D eigenvalue weighted by Crippen LogP contribution is -2.41. The average molecular weight is 231 g/mol. The minimum atomic E-state index is -0.378. The smallest absolute Gasteiger partial charge is 0.165 e. The van der Waals surface area contributed by atoms with Crippen LogP contribution in [0.5, 0.6) is 0 Å². The lowest BCUT2D eigenvalue weighted by atomic mass is 10.0. The van der Waals surface area contributed by atoms with Crippen molar-refractivity contribution in [2.45, 2.75) is 12.0 Å². The molecule has 1 aliphatic rings. The Morgan fingerprint density at radius 3 is 3.13 bits per heavy atom. The molecular weight excluding hydrogens is 219 g/mol. The summed E-state index contributed by atoms with van der Waals surface area (Å²) in [5.41, 5.74) is -0.378. The van der Waals surface area contributed by atoms with Gasteiger partial charge in [-0.05, 0) is 18.6 Å². The topological polar surface area (TPSA) is 34.2 Å². The Kier molecular flexibility index (Phi) is 3.07. The van der Waals surface area contributed by atoms with Crippen LogP contribution in [0.25, 0.3) is 0 Å². The van der Waals surface area contributed by atoms with Crippen LogP contribution in [-0.2, 0) is 4.74 Å². The van der Waals surface area contributed by atoms with Gasteiger partial charge in [0.2, 0.25) is 0 Å². The molecule has 0 spiro atoms. The third-order valence-electron chi connectivity index (χ3n) is 2.50. The van der Waals surface area contributed by atoms with Gasteiger partial charge in [0.1, 0.15) is 0 Å². The number of pyridine rings is 1. The third kappa shape index (κ3) is 2.21. The van der Waals surface area contributed by atoms with Crippen molar-refractivity contribution in [2.75, 3.05) is 24.4 Å². The van der Waals surface area contributed by atoms with Gasteiger partial charge in [-0.25, -0.2) is 9.37 Å². The number of nitrogens with zero attached hydrogens (tertiary/aromatic N) is 1. The molecule has 0 amide bonds. The molecule has 0 aromatic carbocycles. The fraction of sp³-hybridized carbons (Fsp3) is 0.500. The summed E-state index contributed by atoms with van der Waals surface area (Å²) in [6, 6.07) is 2.92. The highest BCUT2D eigenvalue weighted by Crippen LogP contribution is 2.25. The number of anilines is 1. The van der Waals surface area contributed by atoms with Crippen molar-refractivity contribution in [3.63, 3.8) is 0 Å². The number of ether oxygens (including phenoxy) is 1. The highest BCUT2D eigenvalue weighted by atomic mass is 35.5. The molecular formula is C10H12ClFN2O. The van der Waals surface area contributed by atoms with E-state index in [-0.39, 0.29) is 17.2 Å². The zero-order chi connectivity index (χ0) is 10.7. The number of nitrogens with one attached hydrogen (secondary N) is 1. The van der Waals surface area contributed by atoms with Crippen LogP contribution in [-0.4, -0.2) is 29.6 Å². The highest BCUT2D eigenvalue weighted by Gasteiger charge is 2.34. The second-order valence-electron chi connectivity index (χ2n) is 3.68. The average Bonchev–Trinajstić information content (AvgIpc) is 2.71. The van der Waals surface area contributed by atoms with E-state index in [2.05, 4.69) is 10.3 Å². The second-order valence-corrected chi connectivity index (χ2v) is 3.94. The Balaban J connectivity index is 2.16. The predicted molar refractivity (Wildman–Crippen MR) is 56.7 cm³/mol. The molecule has 0 bridgehead atoms. The number of aromatic nitrogens is 1. The van der Waals surface area contributed by atoms with Crippen LogP contribution in [0.2, 0.25) is 0 Å². The Bertz CT molecular complexity index is 342. The first-order chi connectivity index (χ1) is 7.26. The van der Waals surface area contributed by atoms with Crippen LogP contribution in [0.15, 0.2) is 18.3 Å². The molecule has 5 heteroatoms. The first kappa shape index (κ1) is 10.6. The normalized spacial score (nSPS) is 25.5. The SMILES string of the molecule is Fc1cccnc1NC1(CCl)CCOC1. The molecule has 3 nitrogen and oxygen atoms in total. The van der Waals surface area contributed by atoms with E-state index in [1.165, 1.54) is 6.07 Å². The second kappa shape index (κ2) is 4.33. The molecule has 0 radical (unpaired) electrons. The van der Waals surface area contributed by atoms with Gasteiger partial charge in [0.25, 0.3) is 0 Å². The molecule has 0 saturated carbocycles. The van der Waals surface area contributed by atoms with Crippen molar-refractivity contribution in [3.05, 3.63) is 24.1 Å². The van der Waals surface area contributed by atoms with E-state index in [9.17, 15) is 4.39 Å². The van der Waals surface area contributed by atoms with E-state index in [0.717, 1.165) is 6.42 Å². The van der Waals surface area contributed by atoms with Gasteiger partial charge >= 0.3 is 0 Å². The van der Waals surface area contributed by atoms with Gasteiger partial charge < -0.3 is 10.1 Å². The monoisotopic (exact) mass is 230 g/mol. The summed E-state index contributed by atoms with van der Waals surface area (Å²) in [5.74, 6) is 0.251. The standard InChI is InChI=1S/C10H12ClFN2O/c11-6-10(3-5-15-7-10)14-9-8(12)2-1-4-13-9/h1-2,4H,3,5-7H2,(H,13,14). The van der Waals surface area contributed by atoms with Crippen LogP contribution in [0, 0.1) is 5.82 Å². The summed E-state index contributed by atoms with van der Waals surface area (Å²) in [7, 11) is 0. The van der Waals surface area contributed by atoms with Gasteiger partial charge in [-0.15, -0.1) is 11.6 Å². The minimum absolute atomic E-state index is 0.239. The molecule has 1 aromatic rings. The Morgan fingerprint density at radius 2 is 2.53 bits per heavy atom. The minimum Gasteiger partial charge on any atom is -0.379 e. The molecule has 1 N–H and O–H groups in total. The Morgan fingerprint density at radius 1 is 1.67 bits per heavy atom. The fourth-order valence-corrected chi connectivity index (χ4v) is 1.85. The van der Waals surface area contributed by atoms with E-state index >= 15 is 0 Å². The molecule has 1 aliphatic heterocycles.